The molecule has 0 bridgehead atoms. The second kappa shape index (κ2) is 8.93. The molecule has 1 saturated carbocycles. The maximum absolute atomic E-state index is 12.2. The SMILES string of the molecule is COc1ccc(C23CCC(=NNC(=O)Nc4ccccn4)CC2N(C)CC3)cc1OC. The Kier molecular flexibility index (Phi) is 6.08. The molecular weight excluding hydrogens is 394 g/mol. The van der Waals surface area contributed by atoms with Crippen LogP contribution in [0.15, 0.2) is 47.7 Å². The standard InChI is InChI=1S/C23H29N5O3/c1-28-13-11-23(16-7-8-18(30-2)19(14-16)31-3)10-9-17(15-20(23)28)26-27-22(29)25-21-6-4-5-12-24-21/h4-8,12,14,20H,9-11,13,15H2,1-3H3,(H2,24,25,27,29). The molecule has 2 heterocycles. The predicted molar refractivity (Wildman–Crippen MR) is 120 cm³/mol. The highest BCUT2D eigenvalue weighted by atomic mass is 16.5. The summed E-state index contributed by atoms with van der Waals surface area (Å²) in [4.78, 5) is 18.6. The monoisotopic (exact) mass is 423 g/mol. The zero-order chi connectivity index (χ0) is 21.8. The van der Waals surface area contributed by atoms with Gasteiger partial charge in [0.2, 0.25) is 0 Å². The van der Waals surface area contributed by atoms with Crippen LogP contribution < -0.4 is 20.2 Å². The van der Waals surface area contributed by atoms with Crippen molar-refractivity contribution >= 4 is 17.6 Å². The molecule has 1 aliphatic carbocycles. The van der Waals surface area contributed by atoms with Crippen LogP contribution in [0.1, 0.15) is 31.2 Å². The molecule has 1 aliphatic heterocycles. The van der Waals surface area contributed by atoms with E-state index in [1.165, 1.54) is 5.56 Å². The number of nitrogens with zero attached hydrogens (tertiary/aromatic N) is 3. The quantitative estimate of drug-likeness (QED) is 0.720. The first-order valence-electron chi connectivity index (χ1n) is 10.5. The number of aromatic nitrogens is 1. The second-order valence-electron chi connectivity index (χ2n) is 8.14. The van der Waals surface area contributed by atoms with Gasteiger partial charge in [0.1, 0.15) is 5.82 Å². The van der Waals surface area contributed by atoms with Gasteiger partial charge in [-0.05, 0) is 62.7 Å². The summed E-state index contributed by atoms with van der Waals surface area (Å²) in [5, 5.41) is 7.10. The van der Waals surface area contributed by atoms with Crippen LogP contribution in [0.5, 0.6) is 11.5 Å². The number of rotatable bonds is 5. The number of likely N-dealkylation sites (tertiary alicyclic amines) is 1. The van der Waals surface area contributed by atoms with Gasteiger partial charge in [-0.1, -0.05) is 12.1 Å². The van der Waals surface area contributed by atoms with E-state index in [0.717, 1.165) is 49.4 Å². The third-order valence-corrected chi connectivity index (χ3v) is 6.55. The third kappa shape index (κ3) is 4.20. The third-order valence-electron chi connectivity index (χ3n) is 6.55. The average Bonchev–Trinajstić information content (AvgIpc) is 3.15. The molecular formula is C23H29N5O3. The normalized spacial score (nSPS) is 24.5. The number of amides is 2. The second-order valence-corrected chi connectivity index (χ2v) is 8.14. The van der Waals surface area contributed by atoms with Gasteiger partial charge >= 0.3 is 6.03 Å². The van der Waals surface area contributed by atoms with Gasteiger partial charge in [-0.2, -0.15) is 5.10 Å². The molecule has 31 heavy (non-hydrogen) atoms. The summed E-state index contributed by atoms with van der Waals surface area (Å²) in [5.41, 5.74) is 4.95. The first kappa shape index (κ1) is 21.1. The molecule has 4 rings (SSSR count). The van der Waals surface area contributed by atoms with Crippen molar-refractivity contribution in [1.29, 1.82) is 0 Å². The largest absolute Gasteiger partial charge is 0.493 e. The van der Waals surface area contributed by atoms with Crippen LogP contribution in [-0.4, -0.2) is 55.5 Å². The van der Waals surface area contributed by atoms with Gasteiger partial charge in [0.15, 0.2) is 11.5 Å². The van der Waals surface area contributed by atoms with E-state index in [0.29, 0.717) is 11.9 Å². The van der Waals surface area contributed by atoms with Gasteiger partial charge in [-0.25, -0.2) is 15.2 Å². The highest BCUT2D eigenvalue weighted by Crippen LogP contribution is 2.49. The molecule has 1 saturated heterocycles. The number of benzene rings is 1. The van der Waals surface area contributed by atoms with Crippen LogP contribution in [0.4, 0.5) is 10.6 Å². The first-order valence-corrected chi connectivity index (χ1v) is 10.5. The van der Waals surface area contributed by atoms with E-state index < -0.39 is 0 Å². The fraction of sp³-hybridized carbons (Fsp3) is 0.435. The van der Waals surface area contributed by atoms with Gasteiger partial charge in [0.25, 0.3) is 0 Å². The maximum atomic E-state index is 12.2. The molecule has 2 fully saturated rings. The summed E-state index contributed by atoms with van der Waals surface area (Å²) in [7, 11) is 5.49. The number of urea groups is 1. The van der Waals surface area contributed by atoms with Crippen molar-refractivity contribution in [2.75, 3.05) is 33.1 Å². The van der Waals surface area contributed by atoms with Crippen LogP contribution in [0, 0.1) is 0 Å². The zero-order valence-corrected chi connectivity index (χ0v) is 18.2. The lowest BCUT2D eigenvalue weighted by molar-refractivity contribution is 0.225. The number of methoxy groups -OCH3 is 2. The molecule has 164 valence electrons. The zero-order valence-electron chi connectivity index (χ0n) is 18.2. The molecule has 2 unspecified atom stereocenters. The molecule has 2 aliphatic rings. The molecule has 2 aromatic rings. The number of hydrogen-bond donors (Lipinski definition) is 2. The number of ether oxygens (including phenoxy) is 2. The number of carbonyl (C=O) groups is 1. The molecule has 1 aromatic carbocycles. The summed E-state index contributed by atoms with van der Waals surface area (Å²) in [5.74, 6) is 1.99. The Morgan fingerprint density at radius 2 is 2.03 bits per heavy atom. The van der Waals surface area contributed by atoms with E-state index >= 15 is 0 Å². The fourth-order valence-corrected chi connectivity index (χ4v) is 4.89. The molecule has 1 aromatic heterocycles. The predicted octanol–water partition coefficient (Wildman–Crippen LogP) is 3.40. The number of fused-ring (bicyclic) bond motifs is 1. The summed E-state index contributed by atoms with van der Waals surface area (Å²) < 4.78 is 11.0. The fourth-order valence-electron chi connectivity index (χ4n) is 4.89. The minimum Gasteiger partial charge on any atom is -0.493 e. The smallest absolute Gasteiger partial charge is 0.340 e. The van der Waals surface area contributed by atoms with E-state index in [-0.39, 0.29) is 11.4 Å². The van der Waals surface area contributed by atoms with Crippen molar-refractivity contribution in [1.82, 2.24) is 15.3 Å². The molecule has 2 atom stereocenters. The molecule has 8 heteroatoms. The highest BCUT2D eigenvalue weighted by Gasteiger charge is 2.49. The molecule has 2 amide bonds. The molecule has 8 nitrogen and oxygen atoms in total. The highest BCUT2D eigenvalue weighted by molar-refractivity contribution is 5.91. The van der Waals surface area contributed by atoms with Crippen LogP contribution in [-0.2, 0) is 5.41 Å². The van der Waals surface area contributed by atoms with Crippen LogP contribution in [0.2, 0.25) is 0 Å². The summed E-state index contributed by atoms with van der Waals surface area (Å²) in [6.07, 6.45) is 5.34. The number of carbonyl (C=O) groups excluding carboxylic acids is 1. The minimum atomic E-state index is -0.386. The van der Waals surface area contributed by atoms with Crippen molar-refractivity contribution in [2.45, 2.75) is 37.1 Å². The minimum absolute atomic E-state index is 0.0452. The van der Waals surface area contributed by atoms with Crippen molar-refractivity contribution in [3.8, 4) is 11.5 Å². The Morgan fingerprint density at radius 1 is 1.19 bits per heavy atom. The van der Waals surface area contributed by atoms with Crippen molar-refractivity contribution < 1.29 is 14.3 Å². The lowest BCUT2D eigenvalue weighted by Gasteiger charge is -2.42. The Labute approximate surface area is 182 Å². The molecule has 0 spiro atoms. The van der Waals surface area contributed by atoms with Crippen LogP contribution in [0.3, 0.4) is 0 Å². The number of hydrogen-bond acceptors (Lipinski definition) is 6. The number of pyridine rings is 1. The Hall–Kier alpha value is -3.13. The van der Waals surface area contributed by atoms with Gasteiger partial charge in [0, 0.05) is 29.8 Å². The lowest BCUT2D eigenvalue weighted by atomic mass is 9.65. The Balaban J connectivity index is 1.49. The van der Waals surface area contributed by atoms with Gasteiger partial charge in [-0.15, -0.1) is 0 Å². The Morgan fingerprint density at radius 3 is 2.77 bits per heavy atom. The van der Waals surface area contributed by atoms with Gasteiger partial charge in [0.05, 0.1) is 14.2 Å². The van der Waals surface area contributed by atoms with Crippen molar-refractivity contribution in [3.05, 3.63) is 48.2 Å². The van der Waals surface area contributed by atoms with Crippen LogP contribution in [0.25, 0.3) is 0 Å². The number of likely N-dealkylation sites (N-methyl/N-ethyl adjacent to an activating group) is 1. The topological polar surface area (TPSA) is 88.1 Å². The van der Waals surface area contributed by atoms with Crippen molar-refractivity contribution in [2.24, 2.45) is 5.10 Å². The lowest BCUT2D eigenvalue weighted by Crippen LogP contribution is -2.46. The van der Waals surface area contributed by atoms with E-state index in [1.54, 1.807) is 32.5 Å². The molecule has 0 radical (unpaired) electrons. The van der Waals surface area contributed by atoms with Gasteiger partial charge < -0.3 is 14.4 Å². The van der Waals surface area contributed by atoms with Crippen LogP contribution >= 0.6 is 0 Å². The summed E-state index contributed by atoms with van der Waals surface area (Å²) >= 11 is 0. The maximum Gasteiger partial charge on any atom is 0.340 e. The van der Waals surface area contributed by atoms with E-state index in [4.69, 9.17) is 9.47 Å². The number of nitrogens with one attached hydrogen (secondary N) is 2. The first-order chi connectivity index (χ1) is 15.1. The van der Waals surface area contributed by atoms with Crippen molar-refractivity contribution in [3.63, 3.8) is 0 Å². The summed E-state index contributed by atoms with van der Waals surface area (Å²) in [6, 6.07) is 11.6. The summed E-state index contributed by atoms with van der Waals surface area (Å²) in [6.45, 7) is 1.03. The average molecular weight is 424 g/mol. The van der Waals surface area contributed by atoms with E-state index in [2.05, 4.69) is 44.9 Å². The Bertz CT molecular complexity index is 965. The van der Waals surface area contributed by atoms with E-state index in [1.807, 2.05) is 12.1 Å². The van der Waals surface area contributed by atoms with Gasteiger partial charge in [-0.3, -0.25) is 5.32 Å². The number of hydrazone groups is 1. The van der Waals surface area contributed by atoms with E-state index in [9.17, 15) is 4.79 Å². The molecule has 2 N–H and O–H groups in total. The number of anilines is 1.